The standard InChI is InChI=1S/C47H71N7O8S/c1-27(2)19-20-37-41(55)49-35(23-29(5)6)46(60)54(12)38(25-32-26-63-40-18-14-13-16-33(32)40)42(56)50-34(22-28(3)4)44(58)52(10)31(9)47(61)62-39(17-15-21-48)43(57)51-36(24-30(7)8)45(59)53(37)11/h13-14,16,18,26-31,34-39H,15,17,19-20,22-25H2,1-12H3,(H,49,55)(H,50,56)(H,51,57)/t31-,34-,35-,36-,37-,38-,39+/m0/s1. The van der Waals surface area contributed by atoms with Gasteiger partial charge in [0, 0.05) is 45.1 Å². The highest BCUT2D eigenvalue weighted by Crippen LogP contribution is 2.28. The van der Waals surface area contributed by atoms with Crippen molar-refractivity contribution < 1.29 is 38.3 Å². The number of cyclic esters (lactones) is 1. The van der Waals surface area contributed by atoms with Crippen LogP contribution in [0.5, 0.6) is 0 Å². The number of carbonyl (C=O) groups excluding carboxylic acids is 7. The van der Waals surface area contributed by atoms with E-state index >= 15 is 0 Å². The van der Waals surface area contributed by atoms with Gasteiger partial charge in [-0.05, 0) is 85.1 Å². The molecule has 2 aromatic rings. The molecule has 1 aromatic heterocycles. The molecule has 2 heterocycles. The van der Waals surface area contributed by atoms with E-state index in [1.165, 1.54) is 49.2 Å². The van der Waals surface area contributed by atoms with Gasteiger partial charge in [0.25, 0.3) is 5.91 Å². The van der Waals surface area contributed by atoms with Gasteiger partial charge in [0.05, 0.1) is 6.07 Å². The summed E-state index contributed by atoms with van der Waals surface area (Å²) in [5.41, 5.74) is 0.824. The lowest BCUT2D eigenvalue weighted by Crippen LogP contribution is -2.60. The molecule has 63 heavy (non-hydrogen) atoms. The molecule has 6 amide bonds. The molecule has 16 heteroatoms. The van der Waals surface area contributed by atoms with Crippen molar-refractivity contribution >= 4 is 62.8 Å². The Labute approximate surface area is 378 Å². The molecular formula is C47H71N7O8S. The fourth-order valence-corrected chi connectivity index (χ4v) is 8.72. The third-order valence-corrected chi connectivity index (χ3v) is 12.5. The molecule has 0 unspecified atom stereocenters. The molecule has 7 atom stereocenters. The molecule has 0 bridgehead atoms. The van der Waals surface area contributed by atoms with Crippen molar-refractivity contribution in [1.29, 1.82) is 5.26 Å². The van der Waals surface area contributed by atoms with Crippen LogP contribution in [-0.2, 0) is 44.7 Å². The van der Waals surface area contributed by atoms with E-state index in [0.29, 0.717) is 6.42 Å². The first-order chi connectivity index (χ1) is 29.6. The number of carbonyl (C=O) groups is 7. The Morgan fingerprint density at radius 1 is 0.667 bits per heavy atom. The predicted molar refractivity (Wildman–Crippen MR) is 244 cm³/mol. The highest BCUT2D eigenvalue weighted by molar-refractivity contribution is 7.17. The van der Waals surface area contributed by atoms with Gasteiger partial charge in [-0.25, -0.2) is 4.79 Å². The Kier molecular flexibility index (Phi) is 20.0. The number of thiophene rings is 1. The van der Waals surface area contributed by atoms with Gasteiger partial charge in [0.15, 0.2) is 6.10 Å². The van der Waals surface area contributed by atoms with Gasteiger partial charge in [-0.2, -0.15) is 5.26 Å². The van der Waals surface area contributed by atoms with Crippen molar-refractivity contribution in [2.45, 2.75) is 156 Å². The molecule has 348 valence electrons. The van der Waals surface area contributed by atoms with Gasteiger partial charge in [-0.3, -0.25) is 28.8 Å². The van der Waals surface area contributed by atoms with Crippen molar-refractivity contribution in [3.05, 3.63) is 35.2 Å². The monoisotopic (exact) mass is 894 g/mol. The first-order valence-corrected chi connectivity index (χ1v) is 23.2. The minimum atomic E-state index is -1.48. The SMILES string of the molecule is CC(C)CC[C@H]1C(=O)N[C@@H](CC(C)C)C(=O)N(C)[C@@H](Cc2csc3ccccc23)C(=O)N[C@@H](CC(C)C)C(=O)N(C)[C@@H](C)C(=O)O[C@H](CCC#N)C(=O)N[C@@H](CC(C)C)C(=O)N1C. The molecule has 3 rings (SSSR count). The Morgan fingerprint density at radius 3 is 1.65 bits per heavy atom. The van der Waals surface area contributed by atoms with E-state index in [1.807, 2.05) is 91.1 Å². The molecular weight excluding hydrogens is 823 g/mol. The van der Waals surface area contributed by atoms with Crippen molar-refractivity contribution in [2.75, 3.05) is 21.1 Å². The van der Waals surface area contributed by atoms with E-state index in [9.17, 15) is 38.8 Å². The molecule has 1 aromatic carbocycles. The number of esters is 1. The summed E-state index contributed by atoms with van der Waals surface area (Å²) in [5, 5.41) is 21.0. The van der Waals surface area contributed by atoms with Crippen LogP contribution in [0.15, 0.2) is 29.6 Å². The molecule has 0 spiro atoms. The van der Waals surface area contributed by atoms with Gasteiger partial charge >= 0.3 is 5.97 Å². The number of ether oxygens (including phenoxy) is 1. The van der Waals surface area contributed by atoms with Crippen LogP contribution in [0.25, 0.3) is 10.1 Å². The van der Waals surface area contributed by atoms with E-state index < -0.39 is 83.8 Å². The number of fused-ring (bicyclic) bond motifs is 1. The fourth-order valence-electron chi connectivity index (χ4n) is 7.75. The van der Waals surface area contributed by atoms with Gasteiger partial charge in [0.2, 0.25) is 29.5 Å². The Hall–Kier alpha value is -5.04. The maximum Gasteiger partial charge on any atom is 0.329 e. The van der Waals surface area contributed by atoms with Crippen LogP contribution in [0.3, 0.4) is 0 Å². The van der Waals surface area contributed by atoms with Gasteiger partial charge in [-0.15, -0.1) is 11.3 Å². The van der Waals surface area contributed by atoms with Crippen LogP contribution in [0.2, 0.25) is 0 Å². The fraction of sp³-hybridized carbons (Fsp3) is 0.660. The first kappa shape index (κ1) is 52.3. The summed E-state index contributed by atoms with van der Waals surface area (Å²) in [6.07, 6.45) is -0.308. The van der Waals surface area contributed by atoms with E-state index in [2.05, 4.69) is 16.0 Å². The quantitative estimate of drug-likeness (QED) is 0.226. The van der Waals surface area contributed by atoms with Crippen LogP contribution in [0, 0.1) is 35.0 Å². The van der Waals surface area contributed by atoms with Crippen molar-refractivity contribution in [2.24, 2.45) is 23.7 Å². The van der Waals surface area contributed by atoms with Crippen molar-refractivity contribution in [1.82, 2.24) is 30.7 Å². The van der Waals surface area contributed by atoms with E-state index in [4.69, 9.17) is 4.74 Å². The lowest BCUT2D eigenvalue weighted by atomic mass is 9.96. The third kappa shape index (κ3) is 14.8. The number of nitrogens with one attached hydrogen (secondary N) is 3. The van der Waals surface area contributed by atoms with E-state index in [1.54, 1.807) is 0 Å². The minimum absolute atomic E-state index is 0.0705. The van der Waals surface area contributed by atoms with Crippen LogP contribution >= 0.6 is 11.3 Å². The molecule has 1 aliphatic rings. The topological polar surface area (TPSA) is 198 Å². The molecule has 1 fully saturated rings. The van der Waals surface area contributed by atoms with Crippen LogP contribution in [-0.4, -0.2) is 120 Å². The molecule has 0 saturated carbocycles. The van der Waals surface area contributed by atoms with Crippen LogP contribution in [0.1, 0.15) is 113 Å². The highest BCUT2D eigenvalue weighted by Gasteiger charge is 2.40. The van der Waals surface area contributed by atoms with Gasteiger partial charge in [-0.1, -0.05) is 73.6 Å². The van der Waals surface area contributed by atoms with Crippen LogP contribution < -0.4 is 16.0 Å². The zero-order chi connectivity index (χ0) is 47.3. The molecule has 0 radical (unpaired) electrons. The Morgan fingerprint density at radius 2 is 1.14 bits per heavy atom. The summed E-state index contributed by atoms with van der Waals surface area (Å²) in [4.78, 5) is 104. The van der Waals surface area contributed by atoms with E-state index in [0.717, 1.165) is 20.5 Å². The Bertz CT molecular complexity index is 1960. The van der Waals surface area contributed by atoms with Crippen LogP contribution in [0.4, 0.5) is 0 Å². The second-order valence-corrected chi connectivity index (χ2v) is 19.6. The summed E-state index contributed by atoms with van der Waals surface area (Å²) < 4.78 is 6.71. The molecule has 1 saturated heterocycles. The summed E-state index contributed by atoms with van der Waals surface area (Å²) in [6.45, 7) is 16.8. The number of nitrogens with zero attached hydrogens (tertiary/aromatic N) is 4. The minimum Gasteiger partial charge on any atom is -0.451 e. The number of rotatable bonds is 13. The second kappa shape index (κ2) is 24.1. The third-order valence-electron chi connectivity index (χ3n) is 11.5. The first-order valence-electron chi connectivity index (χ1n) is 22.3. The number of nitriles is 1. The molecule has 0 aliphatic carbocycles. The van der Waals surface area contributed by atoms with Crippen molar-refractivity contribution in [3.63, 3.8) is 0 Å². The second-order valence-electron chi connectivity index (χ2n) is 18.7. The van der Waals surface area contributed by atoms with Crippen molar-refractivity contribution in [3.8, 4) is 6.07 Å². The summed E-state index contributed by atoms with van der Waals surface area (Å²) in [5.74, 6) is -4.67. The zero-order valence-corrected chi connectivity index (χ0v) is 40.2. The summed E-state index contributed by atoms with van der Waals surface area (Å²) >= 11 is 1.51. The van der Waals surface area contributed by atoms with E-state index in [-0.39, 0.29) is 68.6 Å². The Balaban J connectivity index is 2.26. The number of hydrogen-bond donors (Lipinski definition) is 3. The van der Waals surface area contributed by atoms with Gasteiger partial charge < -0.3 is 35.4 Å². The largest absolute Gasteiger partial charge is 0.451 e. The number of amides is 6. The number of benzene rings is 1. The maximum atomic E-state index is 14.8. The lowest BCUT2D eigenvalue weighted by Gasteiger charge is -2.35. The highest BCUT2D eigenvalue weighted by atomic mass is 32.1. The normalized spacial score (nSPS) is 24.5. The molecule has 1 aliphatic heterocycles. The maximum absolute atomic E-state index is 14.8. The summed E-state index contributed by atoms with van der Waals surface area (Å²) in [6, 6.07) is 2.95. The predicted octanol–water partition coefficient (Wildman–Crippen LogP) is 5.20. The average molecular weight is 894 g/mol. The summed E-state index contributed by atoms with van der Waals surface area (Å²) in [7, 11) is 4.42. The smallest absolute Gasteiger partial charge is 0.329 e. The number of likely N-dealkylation sites (N-methyl/N-ethyl adjacent to an activating group) is 3. The zero-order valence-electron chi connectivity index (χ0n) is 39.4. The molecule has 3 N–H and O–H groups in total. The lowest BCUT2D eigenvalue weighted by molar-refractivity contribution is -0.163. The average Bonchev–Trinajstić information content (AvgIpc) is 3.63. The molecule has 15 nitrogen and oxygen atoms in total. The number of hydrogen-bond acceptors (Lipinski definition) is 10. The van der Waals surface area contributed by atoms with Gasteiger partial charge in [0.1, 0.15) is 36.3 Å².